The Hall–Kier alpha value is -0.610. The van der Waals surface area contributed by atoms with Crippen LogP contribution in [0.4, 0.5) is 0 Å². The molecule has 0 heterocycles. The van der Waals surface area contributed by atoms with Gasteiger partial charge in [-0.15, -0.1) is 0 Å². The van der Waals surface area contributed by atoms with Crippen molar-refractivity contribution in [3.63, 3.8) is 0 Å². The molecule has 0 spiro atoms. The van der Waals surface area contributed by atoms with Crippen LogP contribution in [0.25, 0.3) is 0 Å². The molecule has 1 aliphatic carbocycles. The summed E-state index contributed by atoms with van der Waals surface area (Å²) in [5.41, 5.74) is -0.654. The lowest BCUT2D eigenvalue weighted by molar-refractivity contribution is -0.121. The first-order valence-electron chi connectivity index (χ1n) is 6.36. The fraction of sp³-hybridized carbons (Fsp3) is 0.917. The minimum Gasteiger partial charge on any atom is -0.388 e. The van der Waals surface area contributed by atoms with Crippen LogP contribution in [-0.4, -0.2) is 36.2 Å². The lowest BCUT2D eigenvalue weighted by atomic mass is 9.85. The van der Waals surface area contributed by atoms with Crippen molar-refractivity contribution in [1.29, 1.82) is 0 Å². The normalized spacial score (nSPS) is 19.4. The maximum atomic E-state index is 11.4. The number of nitrogens with one attached hydrogen (secondary N) is 2. The van der Waals surface area contributed by atoms with E-state index >= 15 is 0 Å². The molecule has 0 aliphatic heterocycles. The van der Waals surface area contributed by atoms with Gasteiger partial charge in [-0.1, -0.05) is 26.2 Å². The van der Waals surface area contributed by atoms with E-state index in [1.807, 2.05) is 0 Å². The van der Waals surface area contributed by atoms with Gasteiger partial charge in [-0.3, -0.25) is 4.79 Å². The minimum atomic E-state index is -0.654. The van der Waals surface area contributed by atoms with E-state index in [2.05, 4.69) is 17.6 Å². The monoisotopic (exact) mass is 228 g/mol. The maximum absolute atomic E-state index is 11.4. The largest absolute Gasteiger partial charge is 0.388 e. The third-order valence-electron chi connectivity index (χ3n) is 3.11. The van der Waals surface area contributed by atoms with Gasteiger partial charge in [0.15, 0.2) is 0 Å². The van der Waals surface area contributed by atoms with Gasteiger partial charge in [0, 0.05) is 6.54 Å². The highest BCUT2D eigenvalue weighted by Crippen LogP contribution is 2.27. The highest BCUT2D eigenvalue weighted by Gasteiger charge is 2.29. The van der Waals surface area contributed by atoms with Gasteiger partial charge in [-0.05, 0) is 25.8 Å². The molecule has 0 bridgehead atoms. The molecule has 0 atom stereocenters. The zero-order chi connectivity index (χ0) is 11.9. The van der Waals surface area contributed by atoms with Gasteiger partial charge in [0.25, 0.3) is 0 Å². The molecule has 0 radical (unpaired) electrons. The Labute approximate surface area is 97.8 Å². The molecule has 1 amide bonds. The van der Waals surface area contributed by atoms with Crippen molar-refractivity contribution >= 4 is 5.91 Å². The summed E-state index contributed by atoms with van der Waals surface area (Å²) in [5, 5.41) is 16.0. The minimum absolute atomic E-state index is 0.0209. The lowest BCUT2D eigenvalue weighted by Gasteiger charge is -2.32. The molecule has 0 unspecified atom stereocenters. The van der Waals surface area contributed by atoms with Gasteiger partial charge in [0.1, 0.15) is 0 Å². The average Bonchev–Trinajstić information content (AvgIpc) is 2.28. The third kappa shape index (κ3) is 4.94. The van der Waals surface area contributed by atoms with E-state index in [-0.39, 0.29) is 5.91 Å². The molecule has 1 saturated carbocycles. The van der Waals surface area contributed by atoms with E-state index in [1.54, 1.807) is 0 Å². The molecule has 94 valence electrons. The van der Waals surface area contributed by atoms with Gasteiger partial charge in [0.2, 0.25) is 5.91 Å². The molecule has 1 aliphatic rings. The molecular formula is C12H24N2O2. The van der Waals surface area contributed by atoms with Crippen LogP contribution in [-0.2, 0) is 4.79 Å². The van der Waals surface area contributed by atoms with Crippen LogP contribution < -0.4 is 10.6 Å². The van der Waals surface area contributed by atoms with E-state index in [4.69, 9.17) is 0 Å². The first-order valence-corrected chi connectivity index (χ1v) is 6.36. The van der Waals surface area contributed by atoms with Crippen molar-refractivity contribution in [2.24, 2.45) is 0 Å². The quantitative estimate of drug-likeness (QED) is 0.589. The summed E-state index contributed by atoms with van der Waals surface area (Å²) < 4.78 is 0. The van der Waals surface area contributed by atoms with Crippen molar-refractivity contribution in [2.45, 2.75) is 51.0 Å². The molecule has 1 fully saturated rings. The Morgan fingerprint density at radius 3 is 2.62 bits per heavy atom. The molecule has 0 saturated heterocycles. The zero-order valence-electron chi connectivity index (χ0n) is 10.2. The van der Waals surface area contributed by atoms with Crippen molar-refractivity contribution < 1.29 is 9.90 Å². The average molecular weight is 228 g/mol. The van der Waals surface area contributed by atoms with Crippen LogP contribution in [0.1, 0.15) is 45.4 Å². The van der Waals surface area contributed by atoms with Crippen molar-refractivity contribution in [3.8, 4) is 0 Å². The standard InChI is InChI=1S/C12H24N2O2/c1-2-8-13-9-11(15)14-10-12(16)6-4-3-5-7-12/h13,16H,2-10H2,1H3,(H,14,15). The van der Waals surface area contributed by atoms with E-state index < -0.39 is 5.60 Å². The zero-order valence-corrected chi connectivity index (χ0v) is 10.2. The van der Waals surface area contributed by atoms with Crippen LogP contribution in [0.15, 0.2) is 0 Å². The fourth-order valence-electron chi connectivity index (χ4n) is 2.09. The van der Waals surface area contributed by atoms with E-state index in [9.17, 15) is 9.90 Å². The van der Waals surface area contributed by atoms with Crippen molar-refractivity contribution in [3.05, 3.63) is 0 Å². The highest BCUT2D eigenvalue weighted by atomic mass is 16.3. The van der Waals surface area contributed by atoms with Gasteiger partial charge in [-0.25, -0.2) is 0 Å². The maximum Gasteiger partial charge on any atom is 0.234 e. The molecule has 16 heavy (non-hydrogen) atoms. The summed E-state index contributed by atoms with van der Waals surface area (Å²) in [6.45, 7) is 3.68. The topological polar surface area (TPSA) is 61.4 Å². The van der Waals surface area contributed by atoms with Crippen LogP contribution >= 0.6 is 0 Å². The summed E-state index contributed by atoms with van der Waals surface area (Å²) >= 11 is 0. The summed E-state index contributed by atoms with van der Waals surface area (Å²) in [4.78, 5) is 11.4. The molecule has 0 aromatic rings. The Kier molecular flexibility index (Phi) is 5.77. The first-order chi connectivity index (χ1) is 7.66. The molecule has 4 heteroatoms. The highest BCUT2D eigenvalue weighted by molar-refractivity contribution is 5.78. The van der Waals surface area contributed by atoms with Crippen molar-refractivity contribution in [1.82, 2.24) is 10.6 Å². The fourth-order valence-corrected chi connectivity index (χ4v) is 2.09. The van der Waals surface area contributed by atoms with E-state index in [0.717, 1.165) is 38.6 Å². The number of carbonyl (C=O) groups excluding carboxylic acids is 1. The molecule has 4 nitrogen and oxygen atoms in total. The van der Waals surface area contributed by atoms with E-state index in [1.165, 1.54) is 6.42 Å². The van der Waals surface area contributed by atoms with Crippen LogP contribution in [0.3, 0.4) is 0 Å². The lowest BCUT2D eigenvalue weighted by Crippen LogP contribution is -2.46. The molecule has 1 rings (SSSR count). The number of rotatable bonds is 6. The summed E-state index contributed by atoms with van der Waals surface area (Å²) in [6, 6.07) is 0. The Bertz CT molecular complexity index is 213. The number of hydrogen-bond donors (Lipinski definition) is 3. The summed E-state index contributed by atoms with van der Waals surface area (Å²) in [5.74, 6) is -0.0209. The second-order valence-corrected chi connectivity index (χ2v) is 4.74. The molecular weight excluding hydrogens is 204 g/mol. The van der Waals surface area contributed by atoms with Crippen LogP contribution in [0, 0.1) is 0 Å². The first kappa shape index (κ1) is 13.5. The number of amides is 1. The Morgan fingerprint density at radius 2 is 2.00 bits per heavy atom. The molecule has 0 aromatic carbocycles. The number of hydrogen-bond acceptors (Lipinski definition) is 3. The summed E-state index contributed by atoms with van der Waals surface area (Å²) in [6.07, 6.45) is 6.00. The Morgan fingerprint density at radius 1 is 1.31 bits per heavy atom. The van der Waals surface area contributed by atoms with Crippen molar-refractivity contribution in [2.75, 3.05) is 19.6 Å². The second-order valence-electron chi connectivity index (χ2n) is 4.74. The second kappa shape index (κ2) is 6.86. The van der Waals surface area contributed by atoms with Crippen LogP contribution in [0.5, 0.6) is 0 Å². The smallest absolute Gasteiger partial charge is 0.234 e. The molecule has 0 aromatic heterocycles. The van der Waals surface area contributed by atoms with Gasteiger partial charge < -0.3 is 15.7 Å². The van der Waals surface area contributed by atoms with Gasteiger partial charge in [-0.2, -0.15) is 0 Å². The number of aliphatic hydroxyl groups is 1. The predicted octanol–water partition coefficient (Wildman–Crippen LogP) is 0.797. The number of carbonyl (C=O) groups is 1. The van der Waals surface area contributed by atoms with E-state index in [0.29, 0.717) is 13.1 Å². The summed E-state index contributed by atoms with van der Waals surface area (Å²) in [7, 11) is 0. The molecule has 3 N–H and O–H groups in total. The Balaban J connectivity index is 2.14. The van der Waals surface area contributed by atoms with Gasteiger partial charge in [0.05, 0.1) is 12.1 Å². The predicted molar refractivity (Wildman–Crippen MR) is 64.2 cm³/mol. The van der Waals surface area contributed by atoms with Gasteiger partial charge >= 0.3 is 0 Å². The third-order valence-corrected chi connectivity index (χ3v) is 3.11. The van der Waals surface area contributed by atoms with Crippen LogP contribution in [0.2, 0.25) is 0 Å². The SMILES string of the molecule is CCCNCC(=O)NCC1(O)CCCCC1.